The molecular weight excluding hydrogens is 526 g/mol. The van der Waals surface area contributed by atoms with Crippen molar-refractivity contribution >= 4 is 32.5 Å². The summed E-state index contributed by atoms with van der Waals surface area (Å²) in [5, 5.41) is 3.61. The van der Waals surface area contributed by atoms with Gasteiger partial charge in [-0.2, -0.15) is 0 Å². The largest absolute Gasteiger partial charge is 0.351 e. The molecule has 3 N–H and O–H groups in total. The highest BCUT2D eigenvalue weighted by Crippen LogP contribution is 2.35. The van der Waals surface area contributed by atoms with Crippen LogP contribution in [0.2, 0.25) is 0 Å². The Kier molecular flexibility index (Phi) is 8.98. The highest BCUT2D eigenvalue weighted by atomic mass is 32.2. The van der Waals surface area contributed by atoms with Crippen LogP contribution in [0.1, 0.15) is 50.7 Å². The van der Waals surface area contributed by atoms with E-state index in [0.717, 1.165) is 11.1 Å². The fourth-order valence-corrected chi connectivity index (χ4v) is 5.53. The van der Waals surface area contributed by atoms with Gasteiger partial charge in [0.15, 0.2) is 6.29 Å². The monoisotopic (exact) mass is 563 g/mol. The minimum absolute atomic E-state index is 0.0835. The van der Waals surface area contributed by atoms with Crippen LogP contribution in [0.25, 0.3) is 22.0 Å². The molecule has 0 saturated carbocycles. The third-order valence-corrected chi connectivity index (χ3v) is 7.90. The molecule has 8 nitrogen and oxygen atoms in total. The van der Waals surface area contributed by atoms with Gasteiger partial charge in [-0.3, -0.25) is 9.52 Å². The second kappa shape index (κ2) is 12.2. The molecule has 0 saturated heterocycles. The Morgan fingerprint density at radius 1 is 0.925 bits per heavy atom. The minimum Gasteiger partial charge on any atom is -0.351 e. The zero-order chi connectivity index (χ0) is 28.9. The van der Waals surface area contributed by atoms with E-state index in [2.05, 4.69) is 35.8 Å². The van der Waals surface area contributed by atoms with E-state index in [4.69, 9.17) is 9.47 Å². The second-order valence-corrected chi connectivity index (χ2v) is 12.1. The summed E-state index contributed by atoms with van der Waals surface area (Å²) >= 11 is 0. The fraction of sp³-hybridized carbons (Fsp3) is 0.323. The van der Waals surface area contributed by atoms with Gasteiger partial charge in [-0.05, 0) is 60.7 Å². The summed E-state index contributed by atoms with van der Waals surface area (Å²) in [4.78, 5) is 16.8. The quantitative estimate of drug-likeness (QED) is 0.192. The standard InChI is InChI=1S/C31H37N3O5S/c1-6-38-27(39-7-2)20-32-30(35)29-28(21-11-9-8-10-12-21)25-19-23(15-18-26(25)33-29)34-40(36,37)24-16-13-22(14-17-24)31(3,4)5/h8-19,27,33-34H,6-7,20H2,1-5H3,(H,32,35). The van der Waals surface area contributed by atoms with Crippen molar-refractivity contribution in [2.75, 3.05) is 24.5 Å². The Bertz CT molecular complexity index is 1550. The predicted molar refractivity (Wildman–Crippen MR) is 159 cm³/mol. The van der Waals surface area contributed by atoms with Gasteiger partial charge in [0, 0.05) is 35.4 Å². The van der Waals surface area contributed by atoms with Crippen LogP contribution in [0.5, 0.6) is 0 Å². The maximum absolute atomic E-state index is 13.4. The maximum Gasteiger partial charge on any atom is 0.268 e. The highest BCUT2D eigenvalue weighted by Gasteiger charge is 2.22. The van der Waals surface area contributed by atoms with Gasteiger partial charge in [-0.1, -0.05) is 63.2 Å². The number of aromatic amines is 1. The number of rotatable bonds is 11. The molecule has 1 aromatic heterocycles. The molecule has 0 aliphatic rings. The normalized spacial score (nSPS) is 12.2. The van der Waals surface area contributed by atoms with E-state index in [9.17, 15) is 13.2 Å². The molecule has 0 atom stereocenters. The molecule has 0 bridgehead atoms. The van der Waals surface area contributed by atoms with Crippen molar-refractivity contribution < 1.29 is 22.7 Å². The van der Waals surface area contributed by atoms with Crippen molar-refractivity contribution in [3.8, 4) is 11.1 Å². The molecule has 0 unspecified atom stereocenters. The molecule has 0 aliphatic heterocycles. The molecule has 1 heterocycles. The number of anilines is 1. The van der Waals surface area contributed by atoms with Gasteiger partial charge in [0.1, 0.15) is 5.69 Å². The Labute approximate surface area is 236 Å². The van der Waals surface area contributed by atoms with Crippen molar-refractivity contribution in [1.29, 1.82) is 0 Å². The summed E-state index contributed by atoms with van der Waals surface area (Å²) in [6.45, 7) is 11.1. The number of amides is 1. The summed E-state index contributed by atoms with van der Waals surface area (Å²) in [6, 6.07) is 21.6. The lowest BCUT2D eigenvalue weighted by molar-refractivity contribution is -0.131. The van der Waals surface area contributed by atoms with Crippen molar-refractivity contribution in [3.63, 3.8) is 0 Å². The van der Waals surface area contributed by atoms with Crippen LogP contribution in [0.15, 0.2) is 77.7 Å². The molecule has 4 rings (SSSR count). The molecular formula is C31H37N3O5S. The van der Waals surface area contributed by atoms with Gasteiger partial charge in [-0.25, -0.2) is 8.42 Å². The third-order valence-electron chi connectivity index (χ3n) is 6.51. The Morgan fingerprint density at radius 3 is 2.17 bits per heavy atom. The van der Waals surface area contributed by atoms with Gasteiger partial charge in [-0.15, -0.1) is 0 Å². The van der Waals surface area contributed by atoms with Crippen LogP contribution in [0.4, 0.5) is 5.69 Å². The first-order chi connectivity index (χ1) is 19.0. The smallest absolute Gasteiger partial charge is 0.268 e. The number of benzene rings is 3. The number of aromatic nitrogens is 1. The molecule has 212 valence electrons. The number of carbonyl (C=O) groups is 1. The number of fused-ring (bicyclic) bond motifs is 1. The first-order valence-electron chi connectivity index (χ1n) is 13.4. The second-order valence-electron chi connectivity index (χ2n) is 10.4. The lowest BCUT2D eigenvalue weighted by Crippen LogP contribution is -2.35. The van der Waals surface area contributed by atoms with Gasteiger partial charge >= 0.3 is 0 Å². The fourth-order valence-electron chi connectivity index (χ4n) is 4.48. The lowest BCUT2D eigenvalue weighted by atomic mass is 9.87. The summed E-state index contributed by atoms with van der Waals surface area (Å²) in [5.74, 6) is -0.319. The molecule has 4 aromatic rings. The van der Waals surface area contributed by atoms with E-state index < -0.39 is 16.3 Å². The number of sulfonamides is 1. The van der Waals surface area contributed by atoms with Crippen LogP contribution in [-0.2, 0) is 24.9 Å². The van der Waals surface area contributed by atoms with Crippen LogP contribution in [-0.4, -0.2) is 45.4 Å². The summed E-state index contributed by atoms with van der Waals surface area (Å²) in [7, 11) is -3.83. The van der Waals surface area contributed by atoms with Gasteiger partial charge < -0.3 is 19.8 Å². The maximum atomic E-state index is 13.4. The SMILES string of the molecule is CCOC(CNC(=O)c1[nH]c2ccc(NS(=O)(=O)c3ccc(C(C)(C)C)cc3)cc2c1-c1ccccc1)OCC. The number of carbonyl (C=O) groups excluding carboxylic acids is 1. The molecule has 0 fully saturated rings. The molecule has 0 spiro atoms. The van der Waals surface area contributed by atoms with Crippen LogP contribution >= 0.6 is 0 Å². The van der Waals surface area contributed by atoms with Gasteiger partial charge in [0.25, 0.3) is 15.9 Å². The molecule has 1 amide bonds. The zero-order valence-corrected chi connectivity index (χ0v) is 24.4. The number of H-pyrrole nitrogens is 1. The number of ether oxygens (including phenoxy) is 2. The Hall–Kier alpha value is -3.66. The van der Waals surface area contributed by atoms with Crippen molar-refractivity contribution in [2.45, 2.75) is 51.2 Å². The van der Waals surface area contributed by atoms with E-state index >= 15 is 0 Å². The number of hydrogen-bond acceptors (Lipinski definition) is 5. The average molecular weight is 564 g/mol. The Morgan fingerprint density at radius 2 is 1.57 bits per heavy atom. The first-order valence-corrected chi connectivity index (χ1v) is 14.9. The summed E-state index contributed by atoms with van der Waals surface area (Å²) in [5.41, 5.74) is 3.92. The predicted octanol–water partition coefficient (Wildman–Crippen LogP) is 6.06. The van der Waals surface area contributed by atoms with Crippen LogP contribution < -0.4 is 10.0 Å². The Balaban J connectivity index is 1.68. The molecule has 40 heavy (non-hydrogen) atoms. The van der Waals surface area contributed by atoms with E-state index in [1.165, 1.54) is 0 Å². The lowest BCUT2D eigenvalue weighted by Gasteiger charge is -2.19. The minimum atomic E-state index is -3.83. The number of hydrogen-bond donors (Lipinski definition) is 3. The van der Waals surface area contributed by atoms with Crippen LogP contribution in [0, 0.1) is 0 Å². The first kappa shape index (κ1) is 29.3. The summed E-state index contributed by atoms with van der Waals surface area (Å²) in [6.07, 6.45) is -0.554. The van der Waals surface area contributed by atoms with Crippen molar-refractivity contribution in [2.24, 2.45) is 0 Å². The zero-order valence-electron chi connectivity index (χ0n) is 23.6. The van der Waals surface area contributed by atoms with Gasteiger partial charge in [0.05, 0.1) is 11.4 Å². The van der Waals surface area contributed by atoms with Crippen LogP contribution in [0.3, 0.4) is 0 Å². The van der Waals surface area contributed by atoms with Crippen molar-refractivity contribution in [1.82, 2.24) is 10.3 Å². The van der Waals surface area contributed by atoms with E-state index in [1.54, 1.807) is 30.3 Å². The molecule has 0 radical (unpaired) electrons. The van der Waals surface area contributed by atoms with Crippen molar-refractivity contribution in [3.05, 3.63) is 84.1 Å². The third kappa shape index (κ3) is 6.72. The van der Waals surface area contributed by atoms with Gasteiger partial charge in [0.2, 0.25) is 0 Å². The molecule has 0 aliphatic carbocycles. The average Bonchev–Trinajstić information content (AvgIpc) is 3.30. The highest BCUT2D eigenvalue weighted by molar-refractivity contribution is 7.92. The number of nitrogens with one attached hydrogen (secondary N) is 3. The summed E-state index contributed by atoms with van der Waals surface area (Å²) < 4.78 is 40.2. The van der Waals surface area contributed by atoms with E-state index in [1.807, 2.05) is 56.3 Å². The molecule has 3 aromatic carbocycles. The molecule has 9 heteroatoms. The topological polar surface area (TPSA) is 110 Å². The van der Waals surface area contributed by atoms with E-state index in [-0.39, 0.29) is 22.8 Å². The van der Waals surface area contributed by atoms with E-state index in [0.29, 0.717) is 41.1 Å².